The van der Waals surface area contributed by atoms with Gasteiger partial charge in [0, 0.05) is 28.6 Å². The zero-order valence-corrected chi connectivity index (χ0v) is 16.9. The fraction of sp³-hybridized carbons (Fsp3) is 0.182. The number of hydrogen-bond acceptors (Lipinski definition) is 6. The van der Waals surface area contributed by atoms with E-state index in [-0.39, 0.29) is 35.2 Å². The van der Waals surface area contributed by atoms with Gasteiger partial charge in [-0.1, -0.05) is 11.6 Å². The molecule has 0 atom stereocenters. The molecule has 0 amide bonds. The highest BCUT2D eigenvalue weighted by Gasteiger charge is 2.20. The Balaban J connectivity index is 1.77. The van der Waals surface area contributed by atoms with E-state index >= 15 is 0 Å². The van der Waals surface area contributed by atoms with Crippen LogP contribution < -0.4 is 19.6 Å². The Labute approximate surface area is 176 Å². The van der Waals surface area contributed by atoms with Gasteiger partial charge in [0.1, 0.15) is 17.6 Å². The van der Waals surface area contributed by atoms with Gasteiger partial charge in [0.15, 0.2) is 16.9 Å². The van der Waals surface area contributed by atoms with E-state index in [9.17, 15) is 14.7 Å². The zero-order valence-electron chi connectivity index (χ0n) is 16.2. The number of fused-ring (bicyclic) bond motifs is 2. The Bertz CT molecular complexity index is 1260. The second-order valence-corrected chi connectivity index (χ2v) is 7.19. The van der Waals surface area contributed by atoms with Crippen molar-refractivity contribution in [3.8, 4) is 17.2 Å². The maximum atomic E-state index is 12.9. The van der Waals surface area contributed by atoms with Crippen molar-refractivity contribution in [3.05, 3.63) is 68.0 Å². The van der Waals surface area contributed by atoms with Gasteiger partial charge in [0.05, 0.1) is 18.1 Å². The molecule has 7 nitrogen and oxygen atoms in total. The number of hydrogen-bond donors (Lipinski definition) is 1. The van der Waals surface area contributed by atoms with Crippen LogP contribution in [0.15, 0.2) is 45.3 Å². The summed E-state index contributed by atoms with van der Waals surface area (Å²) in [5, 5.41) is 10.4. The molecule has 0 fully saturated rings. The van der Waals surface area contributed by atoms with Crippen molar-refractivity contribution in [1.82, 2.24) is 0 Å². The molecule has 8 heteroatoms. The number of carbonyl (C=O) groups is 1. The van der Waals surface area contributed by atoms with Gasteiger partial charge >= 0.3 is 5.97 Å². The van der Waals surface area contributed by atoms with E-state index in [0.717, 1.165) is 5.56 Å². The molecule has 154 valence electrons. The molecule has 30 heavy (non-hydrogen) atoms. The Hall–Kier alpha value is -3.45. The Morgan fingerprint density at radius 2 is 1.97 bits per heavy atom. The topological polar surface area (TPSA) is 95.2 Å². The maximum Gasteiger partial charge on any atom is 0.331 e. The summed E-state index contributed by atoms with van der Waals surface area (Å²) < 4.78 is 21.6. The van der Waals surface area contributed by atoms with Crippen LogP contribution in [-0.4, -0.2) is 25.0 Å². The number of carboxylic acids is 1. The molecule has 0 unspecified atom stereocenters. The maximum absolute atomic E-state index is 12.9. The van der Waals surface area contributed by atoms with Crippen molar-refractivity contribution in [2.24, 2.45) is 0 Å². The summed E-state index contributed by atoms with van der Waals surface area (Å²) in [4.78, 5) is 24.8. The molecule has 1 N–H and O–H groups in total. The molecule has 0 saturated heterocycles. The molecule has 1 aliphatic heterocycles. The summed E-state index contributed by atoms with van der Waals surface area (Å²) >= 11 is 6.13. The molecule has 4 rings (SSSR count). The van der Waals surface area contributed by atoms with Crippen molar-refractivity contribution < 1.29 is 28.5 Å². The average molecular weight is 429 g/mol. The molecule has 0 saturated carbocycles. The summed E-state index contributed by atoms with van der Waals surface area (Å²) in [5.41, 5.74) is 1.47. The molecule has 0 aliphatic carbocycles. The minimum absolute atomic E-state index is 0.00127. The third-order valence-corrected chi connectivity index (χ3v) is 5.25. The van der Waals surface area contributed by atoms with Crippen molar-refractivity contribution >= 4 is 34.6 Å². The normalized spacial score (nSPS) is 13.0. The van der Waals surface area contributed by atoms with Crippen molar-refractivity contribution in [1.29, 1.82) is 0 Å². The van der Waals surface area contributed by atoms with E-state index in [1.807, 2.05) is 0 Å². The summed E-state index contributed by atoms with van der Waals surface area (Å²) in [6.45, 7) is 1.89. The van der Waals surface area contributed by atoms with Crippen LogP contribution in [0.4, 0.5) is 0 Å². The summed E-state index contributed by atoms with van der Waals surface area (Å²) in [6, 6.07) is 6.51. The van der Waals surface area contributed by atoms with Crippen LogP contribution in [0.5, 0.6) is 17.2 Å². The Morgan fingerprint density at radius 1 is 1.23 bits per heavy atom. The van der Waals surface area contributed by atoms with Crippen LogP contribution >= 0.6 is 11.6 Å². The third kappa shape index (κ3) is 3.59. The van der Waals surface area contributed by atoms with E-state index < -0.39 is 5.97 Å². The number of benzene rings is 2. The van der Waals surface area contributed by atoms with E-state index in [2.05, 4.69) is 0 Å². The summed E-state index contributed by atoms with van der Waals surface area (Å²) in [5.74, 6) is 0.319. The lowest BCUT2D eigenvalue weighted by Crippen LogP contribution is -2.09. The highest BCUT2D eigenvalue weighted by molar-refractivity contribution is 6.32. The number of carboxylic acid groups (broad SMARTS) is 1. The Morgan fingerprint density at radius 3 is 2.67 bits per heavy atom. The number of methoxy groups -OCH3 is 1. The van der Waals surface area contributed by atoms with E-state index in [1.165, 1.54) is 25.5 Å². The highest BCUT2D eigenvalue weighted by atomic mass is 35.5. The van der Waals surface area contributed by atoms with Crippen LogP contribution in [0, 0.1) is 6.92 Å². The zero-order chi connectivity index (χ0) is 21.4. The molecule has 1 aromatic heterocycles. The minimum Gasteiger partial charge on any atom is -0.496 e. The van der Waals surface area contributed by atoms with Gasteiger partial charge in [0.25, 0.3) is 0 Å². The summed E-state index contributed by atoms with van der Waals surface area (Å²) in [6.07, 6.45) is 2.55. The van der Waals surface area contributed by atoms with Crippen LogP contribution in [0.25, 0.3) is 17.0 Å². The fourth-order valence-electron chi connectivity index (χ4n) is 3.24. The van der Waals surface area contributed by atoms with Crippen LogP contribution in [0.3, 0.4) is 0 Å². The molecular formula is C22H17ClO7. The quantitative estimate of drug-likeness (QED) is 0.608. The van der Waals surface area contributed by atoms with Crippen LogP contribution in [0.2, 0.25) is 5.02 Å². The first-order chi connectivity index (χ1) is 14.4. The van der Waals surface area contributed by atoms with Gasteiger partial charge in [-0.25, -0.2) is 4.79 Å². The number of aryl methyl sites for hydroxylation is 1. The second-order valence-electron chi connectivity index (χ2n) is 6.79. The first kappa shape index (κ1) is 19.8. The smallest absolute Gasteiger partial charge is 0.331 e. The summed E-state index contributed by atoms with van der Waals surface area (Å²) in [7, 11) is 1.48. The van der Waals surface area contributed by atoms with Gasteiger partial charge in [0.2, 0.25) is 6.79 Å². The molecule has 2 aromatic carbocycles. The lowest BCUT2D eigenvalue weighted by atomic mass is 10.0. The van der Waals surface area contributed by atoms with Gasteiger partial charge in [-0.2, -0.15) is 0 Å². The van der Waals surface area contributed by atoms with Crippen molar-refractivity contribution in [3.63, 3.8) is 0 Å². The second kappa shape index (κ2) is 7.76. The SMILES string of the molecule is COc1cc2c(cc1C/C(=C/c1coc3cc(C)c(Cl)cc3c1=O)C(=O)O)OCO2. The molecular weight excluding hydrogens is 412 g/mol. The molecule has 0 radical (unpaired) electrons. The lowest BCUT2D eigenvalue weighted by Gasteiger charge is -2.10. The molecule has 1 aliphatic rings. The number of rotatable bonds is 5. The van der Waals surface area contributed by atoms with Crippen LogP contribution in [-0.2, 0) is 11.2 Å². The molecule has 2 heterocycles. The van der Waals surface area contributed by atoms with E-state index in [4.69, 9.17) is 30.2 Å². The van der Waals surface area contributed by atoms with Gasteiger partial charge in [-0.3, -0.25) is 4.79 Å². The van der Waals surface area contributed by atoms with Gasteiger partial charge in [-0.15, -0.1) is 0 Å². The monoisotopic (exact) mass is 428 g/mol. The standard InChI is InChI=1S/C22H17ClO7/c1-11-3-18-15(7-16(11)23)21(24)14(9-28-18)5-13(22(25)26)4-12-6-19-20(30-10-29-19)8-17(12)27-2/h3,5-9H,4,10H2,1-2H3,(H,25,26)/b13-5-. The van der Waals surface area contributed by atoms with E-state index in [1.54, 1.807) is 25.1 Å². The molecule has 3 aromatic rings. The third-order valence-electron chi connectivity index (χ3n) is 4.84. The highest BCUT2D eigenvalue weighted by Crippen LogP contribution is 2.39. The largest absolute Gasteiger partial charge is 0.496 e. The predicted octanol–water partition coefficient (Wildman–Crippen LogP) is 4.20. The number of halogens is 1. The first-order valence-electron chi connectivity index (χ1n) is 8.99. The predicted molar refractivity (Wildman–Crippen MR) is 111 cm³/mol. The number of ether oxygens (including phenoxy) is 3. The number of aliphatic carboxylic acids is 1. The lowest BCUT2D eigenvalue weighted by molar-refractivity contribution is -0.132. The first-order valence-corrected chi connectivity index (χ1v) is 9.37. The Kier molecular flexibility index (Phi) is 5.13. The van der Waals surface area contributed by atoms with Crippen molar-refractivity contribution in [2.75, 3.05) is 13.9 Å². The van der Waals surface area contributed by atoms with Crippen LogP contribution in [0.1, 0.15) is 16.7 Å². The molecule has 0 spiro atoms. The minimum atomic E-state index is -1.17. The molecule has 0 bridgehead atoms. The van der Waals surface area contributed by atoms with Gasteiger partial charge < -0.3 is 23.7 Å². The fourth-order valence-corrected chi connectivity index (χ4v) is 3.40. The van der Waals surface area contributed by atoms with Crippen molar-refractivity contribution in [2.45, 2.75) is 13.3 Å². The average Bonchev–Trinajstić information content (AvgIpc) is 3.17. The van der Waals surface area contributed by atoms with E-state index in [0.29, 0.717) is 33.4 Å². The van der Waals surface area contributed by atoms with Gasteiger partial charge in [-0.05, 0) is 36.8 Å².